The minimum absolute atomic E-state index is 0.405. The number of hydrogen-bond donors (Lipinski definition) is 1. The quantitative estimate of drug-likeness (QED) is 0.754. The smallest absolute Gasteiger partial charge is 0.0814 e. The van der Waals surface area contributed by atoms with Crippen LogP contribution in [0.25, 0.3) is 0 Å². The Kier molecular flexibility index (Phi) is 4.79. The molecule has 1 aromatic rings. The Morgan fingerprint density at radius 1 is 1.33 bits per heavy atom. The number of hydrogen-bond acceptors (Lipinski definition) is 2. The van der Waals surface area contributed by atoms with Gasteiger partial charge in [-0.05, 0) is 31.9 Å². The van der Waals surface area contributed by atoms with Gasteiger partial charge in [0.1, 0.15) is 0 Å². The molecule has 0 aliphatic carbocycles. The van der Waals surface area contributed by atoms with Gasteiger partial charge in [-0.3, -0.25) is 0 Å². The molecule has 2 nitrogen and oxygen atoms in total. The Morgan fingerprint density at radius 3 is 2.67 bits per heavy atom. The third kappa shape index (κ3) is 3.65. The number of ether oxygens (including phenoxy) is 1. The van der Waals surface area contributed by atoms with Gasteiger partial charge in [0.25, 0.3) is 0 Å². The molecule has 0 fully saturated rings. The summed E-state index contributed by atoms with van der Waals surface area (Å²) in [5, 5.41) is 9.94. The molecule has 0 aromatic heterocycles. The molecule has 0 bridgehead atoms. The summed E-state index contributed by atoms with van der Waals surface area (Å²) in [5.41, 5.74) is 3.40. The average molecular weight is 208 g/mol. The largest absolute Gasteiger partial charge is 0.388 e. The predicted molar refractivity (Wildman–Crippen MR) is 62.0 cm³/mol. The van der Waals surface area contributed by atoms with E-state index in [0.29, 0.717) is 19.6 Å². The first-order valence-corrected chi connectivity index (χ1v) is 5.48. The van der Waals surface area contributed by atoms with Crippen LogP contribution in [0.5, 0.6) is 0 Å². The van der Waals surface area contributed by atoms with Crippen molar-refractivity contribution < 1.29 is 9.84 Å². The molecule has 0 amide bonds. The molecule has 0 saturated carbocycles. The van der Waals surface area contributed by atoms with E-state index in [1.807, 2.05) is 26.0 Å². The number of aryl methyl sites for hydroxylation is 2. The summed E-state index contributed by atoms with van der Waals surface area (Å²) in [5.74, 6) is 0. The van der Waals surface area contributed by atoms with Crippen molar-refractivity contribution in [2.75, 3.05) is 13.2 Å². The number of benzene rings is 1. The highest BCUT2D eigenvalue weighted by Crippen LogP contribution is 2.21. The highest BCUT2D eigenvalue weighted by molar-refractivity contribution is 5.31. The summed E-state index contributed by atoms with van der Waals surface area (Å²) in [4.78, 5) is 0. The SMILES string of the molecule is CCOCCC(O)c1ccc(C)cc1C. The van der Waals surface area contributed by atoms with Crippen LogP contribution in [0.1, 0.15) is 36.1 Å². The van der Waals surface area contributed by atoms with Crippen molar-refractivity contribution in [2.24, 2.45) is 0 Å². The zero-order chi connectivity index (χ0) is 11.3. The Bertz CT molecular complexity index is 307. The van der Waals surface area contributed by atoms with Crippen molar-refractivity contribution in [3.05, 3.63) is 34.9 Å². The van der Waals surface area contributed by atoms with Crippen LogP contribution in [-0.2, 0) is 4.74 Å². The van der Waals surface area contributed by atoms with E-state index >= 15 is 0 Å². The summed E-state index contributed by atoms with van der Waals surface area (Å²) in [6.45, 7) is 7.38. The van der Waals surface area contributed by atoms with Crippen LogP contribution in [0, 0.1) is 13.8 Å². The molecule has 1 aromatic carbocycles. The summed E-state index contributed by atoms with van der Waals surface area (Å²) < 4.78 is 5.23. The third-order valence-corrected chi connectivity index (χ3v) is 2.52. The standard InChI is InChI=1S/C13H20O2/c1-4-15-8-7-13(14)12-6-5-10(2)9-11(12)3/h5-6,9,13-14H,4,7-8H2,1-3H3. The third-order valence-electron chi connectivity index (χ3n) is 2.52. The lowest BCUT2D eigenvalue weighted by Crippen LogP contribution is -2.05. The topological polar surface area (TPSA) is 29.5 Å². The Labute approximate surface area is 91.9 Å². The van der Waals surface area contributed by atoms with Crippen molar-refractivity contribution in [1.82, 2.24) is 0 Å². The maximum absolute atomic E-state index is 9.94. The molecule has 84 valence electrons. The van der Waals surface area contributed by atoms with E-state index < -0.39 is 6.10 Å². The van der Waals surface area contributed by atoms with E-state index in [-0.39, 0.29) is 0 Å². The van der Waals surface area contributed by atoms with Crippen LogP contribution in [0.15, 0.2) is 18.2 Å². The first kappa shape index (κ1) is 12.2. The molecule has 0 aliphatic heterocycles. The van der Waals surface area contributed by atoms with Crippen molar-refractivity contribution in [3.63, 3.8) is 0 Å². The minimum Gasteiger partial charge on any atom is -0.388 e. The van der Waals surface area contributed by atoms with Crippen LogP contribution in [0.3, 0.4) is 0 Å². The molecule has 0 spiro atoms. The van der Waals surface area contributed by atoms with E-state index in [2.05, 4.69) is 13.0 Å². The fraction of sp³-hybridized carbons (Fsp3) is 0.538. The van der Waals surface area contributed by atoms with Gasteiger partial charge in [0, 0.05) is 19.6 Å². The van der Waals surface area contributed by atoms with E-state index in [1.54, 1.807) is 0 Å². The fourth-order valence-electron chi connectivity index (χ4n) is 1.69. The normalized spacial score (nSPS) is 12.8. The zero-order valence-electron chi connectivity index (χ0n) is 9.79. The molecule has 1 rings (SSSR count). The van der Waals surface area contributed by atoms with Crippen LogP contribution in [0.4, 0.5) is 0 Å². The van der Waals surface area contributed by atoms with Gasteiger partial charge < -0.3 is 9.84 Å². The van der Waals surface area contributed by atoms with Crippen LogP contribution in [-0.4, -0.2) is 18.3 Å². The van der Waals surface area contributed by atoms with Crippen LogP contribution in [0.2, 0.25) is 0 Å². The number of rotatable bonds is 5. The van der Waals surface area contributed by atoms with Gasteiger partial charge in [-0.2, -0.15) is 0 Å². The number of aliphatic hydroxyl groups is 1. The lowest BCUT2D eigenvalue weighted by atomic mass is 9.99. The van der Waals surface area contributed by atoms with E-state index in [9.17, 15) is 5.11 Å². The second-order valence-electron chi connectivity index (χ2n) is 3.86. The fourth-order valence-corrected chi connectivity index (χ4v) is 1.69. The minimum atomic E-state index is -0.405. The molecular weight excluding hydrogens is 188 g/mol. The zero-order valence-corrected chi connectivity index (χ0v) is 9.79. The molecule has 0 aliphatic rings. The lowest BCUT2D eigenvalue weighted by Gasteiger charge is -2.14. The monoisotopic (exact) mass is 208 g/mol. The first-order chi connectivity index (χ1) is 7.15. The Balaban J connectivity index is 2.61. The van der Waals surface area contributed by atoms with Crippen molar-refractivity contribution in [2.45, 2.75) is 33.3 Å². The number of aliphatic hydroxyl groups excluding tert-OH is 1. The van der Waals surface area contributed by atoms with Gasteiger partial charge in [0.05, 0.1) is 6.10 Å². The van der Waals surface area contributed by atoms with Gasteiger partial charge in [0.2, 0.25) is 0 Å². The highest BCUT2D eigenvalue weighted by atomic mass is 16.5. The van der Waals surface area contributed by atoms with Crippen LogP contribution >= 0.6 is 0 Å². The molecule has 0 radical (unpaired) electrons. The van der Waals surface area contributed by atoms with Crippen molar-refractivity contribution in [3.8, 4) is 0 Å². The average Bonchev–Trinajstić information content (AvgIpc) is 2.17. The Hall–Kier alpha value is -0.860. The van der Waals surface area contributed by atoms with Crippen molar-refractivity contribution >= 4 is 0 Å². The molecule has 1 unspecified atom stereocenters. The molecule has 15 heavy (non-hydrogen) atoms. The van der Waals surface area contributed by atoms with Crippen molar-refractivity contribution in [1.29, 1.82) is 0 Å². The molecule has 1 N–H and O–H groups in total. The van der Waals surface area contributed by atoms with Gasteiger partial charge in [-0.25, -0.2) is 0 Å². The summed E-state index contributed by atoms with van der Waals surface area (Å²) in [7, 11) is 0. The van der Waals surface area contributed by atoms with Gasteiger partial charge >= 0.3 is 0 Å². The molecule has 1 atom stereocenters. The van der Waals surface area contributed by atoms with Gasteiger partial charge in [-0.1, -0.05) is 23.8 Å². The predicted octanol–water partition coefficient (Wildman–Crippen LogP) is 2.76. The van der Waals surface area contributed by atoms with E-state index in [0.717, 1.165) is 11.1 Å². The van der Waals surface area contributed by atoms with Gasteiger partial charge in [0.15, 0.2) is 0 Å². The van der Waals surface area contributed by atoms with Crippen LogP contribution < -0.4 is 0 Å². The van der Waals surface area contributed by atoms with E-state index in [1.165, 1.54) is 5.56 Å². The van der Waals surface area contributed by atoms with Gasteiger partial charge in [-0.15, -0.1) is 0 Å². The van der Waals surface area contributed by atoms with E-state index in [4.69, 9.17) is 4.74 Å². The summed E-state index contributed by atoms with van der Waals surface area (Å²) >= 11 is 0. The summed E-state index contributed by atoms with van der Waals surface area (Å²) in [6, 6.07) is 6.13. The maximum atomic E-state index is 9.94. The lowest BCUT2D eigenvalue weighted by molar-refractivity contribution is 0.0883. The molecule has 0 saturated heterocycles. The Morgan fingerprint density at radius 2 is 2.07 bits per heavy atom. The second kappa shape index (κ2) is 5.89. The maximum Gasteiger partial charge on any atom is 0.0814 e. The first-order valence-electron chi connectivity index (χ1n) is 5.48. The molecular formula is C13H20O2. The highest BCUT2D eigenvalue weighted by Gasteiger charge is 2.09. The second-order valence-corrected chi connectivity index (χ2v) is 3.86. The molecule has 0 heterocycles. The summed E-state index contributed by atoms with van der Waals surface area (Å²) in [6.07, 6.45) is 0.259. The molecule has 2 heteroatoms.